The Morgan fingerprint density at radius 1 is 1.16 bits per heavy atom. The number of nitrogens with one attached hydrogen (secondary N) is 1. The van der Waals surface area contributed by atoms with E-state index in [9.17, 15) is 0 Å². The molecule has 1 aliphatic rings. The molecule has 1 N–H and O–H groups in total. The molecule has 0 unspecified atom stereocenters. The highest BCUT2D eigenvalue weighted by Crippen LogP contribution is 2.19. The molecule has 0 atom stereocenters. The summed E-state index contributed by atoms with van der Waals surface area (Å²) < 4.78 is 0. The number of piperidine rings is 1. The maximum Gasteiger partial charge on any atom is 0.0236 e. The largest absolute Gasteiger partial charge is 0.310 e. The maximum atomic E-state index is 3.53. The molecule has 0 radical (unpaired) electrons. The summed E-state index contributed by atoms with van der Waals surface area (Å²) in [6.45, 7) is 11.4. The first-order chi connectivity index (χ1) is 9.15. The zero-order valence-corrected chi connectivity index (χ0v) is 12.7. The fraction of sp³-hybridized carbons (Fsp3) is 0.647. The van der Waals surface area contributed by atoms with Crippen LogP contribution in [0.25, 0.3) is 0 Å². The first-order valence-corrected chi connectivity index (χ1v) is 7.67. The van der Waals surface area contributed by atoms with Gasteiger partial charge in [-0.3, -0.25) is 4.90 Å². The van der Waals surface area contributed by atoms with Crippen LogP contribution in [0.3, 0.4) is 0 Å². The molecule has 1 aromatic carbocycles. The minimum absolute atomic E-state index is 0.545. The third-order valence-electron chi connectivity index (χ3n) is 4.09. The van der Waals surface area contributed by atoms with Crippen molar-refractivity contribution in [3.8, 4) is 0 Å². The number of hydrogen-bond acceptors (Lipinski definition) is 2. The molecule has 0 aliphatic carbocycles. The van der Waals surface area contributed by atoms with Crippen LogP contribution >= 0.6 is 0 Å². The average Bonchev–Trinajstić information content (AvgIpc) is 2.40. The molecule has 106 valence electrons. The van der Waals surface area contributed by atoms with E-state index in [4.69, 9.17) is 0 Å². The van der Waals surface area contributed by atoms with Crippen molar-refractivity contribution < 1.29 is 0 Å². The van der Waals surface area contributed by atoms with Gasteiger partial charge in [-0.1, -0.05) is 45.0 Å². The Balaban J connectivity index is 1.95. The highest BCUT2D eigenvalue weighted by atomic mass is 15.1. The first kappa shape index (κ1) is 14.5. The van der Waals surface area contributed by atoms with Gasteiger partial charge in [-0.25, -0.2) is 0 Å². The highest BCUT2D eigenvalue weighted by molar-refractivity contribution is 5.27. The van der Waals surface area contributed by atoms with Crippen molar-refractivity contribution in [1.29, 1.82) is 0 Å². The normalized spacial score (nSPS) is 18.1. The second kappa shape index (κ2) is 7.06. The van der Waals surface area contributed by atoms with Gasteiger partial charge in [0.2, 0.25) is 0 Å². The van der Waals surface area contributed by atoms with Gasteiger partial charge in [0.15, 0.2) is 0 Å². The van der Waals surface area contributed by atoms with E-state index in [1.807, 2.05) is 0 Å². The van der Waals surface area contributed by atoms with Crippen LogP contribution in [0, 0.1) is 5.92 Å². The third-order valence-corrected chi connectivity index (χ3v) is 4.09. The predicted octanol–water partition coefficient (Wildman–Crippen LogP) is 3.42. The highest BCUT2D eigenvalue weighted by Gasteiger charge is 2.16. The van der Waals surface area contributed by atoms with E-state index >= 15 is 0 Å². The summed E-state index contributed by atoms with van der Waals surface area (Å²) in [6, 6.07) is 9.41. The second-order valence-corrected chi connectivity index (χ2v) is 6.26. The molecule has 1 saturated heterocycles. The molecule has 0 spiro atoms. The first-order valence-electron chi connectivity index (χ1n) is 7.67. The van der Waals surface area contributed by atoms with Gasteiger partial charge < -0.3 is 5.32 Å². The molecular formula is C17H28N2. The van der Waals surface area contributed by atoms with Crippen LogP contribution in [0.15, 0.2) is 24.3 Å². The zero-order chi connectivity index (χ0) is 13.7. The summed E-state index contributed by atoms with van der Waals surface area (Å²) in [5.74, 6) is 0.911. The van der Waals surface area contributed by atoms with E-state index < -0.39 is 0 Å². The molecule has 1 fully saturated rings. The Hall–Kier alpha value is -0.860. The zero-order valence-electron chi connectivity index (χ0n) is 12.7. The van der Waals surface area contributed by atoms with Gasteiger partial charge in [0.25, 0.3) is 0 Å². The molecular weight excluding hydrogens is 232 g/mol. The standard InChI is InChI=1S/C17H28N2/c1-14(2)18-12-16-6-4-5-7-17(16)13-19-10-8-15(3)9-11-19/h4-7,14-15,18H,8-13H2,1-3H3. The third kappa shape index (κ3) is 4.63. The topological polar surface area (TPSA) is 15.3 Å². The second-order valence-electron chi connectivity index (χ2n) is 6.26. The lowest BCUT2D eigenvalue weighted by Crippen LogP contribution is -2.33. The van der Waals surface area contributed by atoms with Gasteiger partial charge >= 0.3 is 0 Å². The predicted molar refractivity (Wildman–Crippen MR) is 82.1 cm³/mol. The Labute approximate surface area is 118 Å². The molecule has 1 aliphatic heterocycles. The van der Waals surface area contributed by atoms with Crippen LogP contribution in [-0.2, 0) is 13.1 Å². The molecule has 2 rings (SSSR count). The van der Waals surface area contributed by atoms with E-state index in [2.05, 4.69) is 55.3 Å². The van der Waals surface area contributed by atoms with Crippen LogP contribution in [0.4, 0.5) is 0 Å². The van der Waals surface area contributed by atoms with Gasteiger partial charge in [-0.15, -0.1) is 0 Å². The number of nitrogens with zero attached hydrogens (tertiary/aromatic N) is 1. The molecule has 0 bridgehead atoms. The smallest absolute Gasteiger partial charge is 0.0236 e. The number of benzene rings is 1. The Kier molecular flexibility index (Phi) is 5.41. The monoisotopic (exact) mass is 260 g/mol. The molecule has 0 aromatic heterocycles. The Morgan fingerprint density at radius 3 is 2.42 bits per heavy atom. The van der Waals surface area contributed by atoms with Crippen LogP contribution in [0.5, 0.6) is 0 Å². The summed E-state index contributed by atoms with van der Waals surface area (Å²) >= 11 is 0. The van der Waals surface area contributed by atoms with Gasteiger partial charge in [-0.2, -0.15) is 0 Å². The number of likely N-dealkylation sites (tertiary alicyclic amines) is 1. The fourth-order valence-corrected chi connectivity index (χ4v) is 2.66. The fourth-order valence-electron chi connectivity index (χ4n) is 2.66. The van der Waals surface area contributed by atoms with E-state index in [1.54, 1.807) is 0 Å². The summed E-state index contributed by atoms with van der Waals surface area (Å²) in [5, 5.41) is 3.53. The van der Waals surface area contributed by atoms with Gasteiger partial charge in [0, 0.05) is 19.1 Å². The summed E-state index contributed by atoms with van der Waals surface area (Å²) in [5.41, 5.74) is 2.94. The van der Waals surface area contributed by atoms with Gasteiger partial charge in [0.1, 0.15) is 0 Å². The maximum absolute atomic E-state index is 3.53. The molecule has 1 heterocycles. The van der Waals surface area contributed by atoms with Crippen molar-refractivity contribution >= 4 is 0 Å². The van der Waals surface area contributed by atoms with E-state index in [0.717, 1.165) is 19.0 Å². The van der Waals surface area contributed by atoms with E-state index in [-0.39, 0.29) is 0 Å². The van der Waals surface area contributed by atoms with Crippen molar-refractivity contribution in [3.05, 3.63) is 35.4 Å². The molecule has 19 heavy (non-hydrogen) atoms. The summed E-state index contributed by atoms with van der Waals surface area (Å²) in [4.78, 5) is 2.61. The van der Waals surface area contributed by atoms with Crippen LogP contribution in [0.1, 0.15) is 44.7 Å². The number of rotatable bonds is 5. The van der Waals surface area contributed by atoms with Crippen LogP contribution < -0.4 is 5.32 Å². The van der Waals surface area contributed by atoms with E-state index in [1.165, 1.54) is 37.1 Å². The van der Waals surface area contributed by atoms with Crippen LogP contribution in [-0.4, -0.2) is 24.0 Å². The number of hydrogen-bond donors (Lipinski definition) is 1. The molecule has 0 amide bonds. The van der Waals surface area contributed by atoms with Gasteiger partial charge in [-0.05, 0) is 43.0 Å². The lowest BCUT2D eigenvalue weighted by atomic mass is 9.98. The van der Waals surface area contributed by atoms with Crippen molar-refractivity contribution in [3.63, 3.8) is 0 Å². The molecule has 0 saturated carbocycles. The van der Waals surface area contributed by atoms with Crippen LogP contribution in [0.2, 0.25) is 0 Å². The average molecular weight is 260 g/mol. The van der Waals surface area contributed by atoms with Crippen molar-refractivity contribution in [1.82, 2.24) is 10.2 Å². The molecule has 1 aromatic rings. The van der Waals surface area contributed by atoms with Crippen molar-refractivity contribution in [2.45, 2.75) is 52.7 Å². The Bertz CT molecular complexity index is 379. The van der Waals surface area contributed by atoms with E-state index in [0.29, 0.717) is 6.04 Å². The van der Waals surface area contributed by atoms with Crippen molar-refractivity contribution in [2.75, 3.05) is 13.1 Å². The quantitative estimate of drug-likeness (QED) is 0.872. The van der Waals surface area contributed by atoms with Gasteiger partial charge in [0.05, 0.1) is 0 Å². The SMILES string of the molecule is CC1CCN(Cc2ccccc2CNC(C)C)CC1. The lowest BCUT2D eigenvalue weighted by Gasteiger charge is -2.30. The summed E-state index contributed by atoms with van der Waals surface area (Å²) in [7, 11) is 0. The molecule has 2 heteroatoms. The lowest BCUT2D eigenvalue weighted by molar-refractivity contribution is 0.185. The molecule has 2 nitrogen and oxygen atoms in total. The Morgan fingerprint density at radius 2 is 1.79 bits per heavy atom. The van der Waals surface area contributed by atoms with Crippen molar-refractivity contribution in [2.24, 2.45) is 5.92 Å². The minimum atomic E-state index is 0.545. The minimum Gasteiger partial charge on any atom is -0.310 e. The summed E-state index contributed by atoms with van der Waals surface area (Å²) in [6.07, 6.45) is 2.71.